The van der Waals surface area contributed by atoms with E-state index in [1.165, 1.54) is 94.6 Å². The van der Waals surface area contributed by atoms with Crippen molar-refractivity contribution in [2.45, 2.75) is 47.0 Å². The number of benzene rings is 9. The third-order valence-corrected chi connectivity index (χ3v) is 13.5. The Labute approximate surface area is 466 Å². The van der Waals surface area contributed by atoms with Gasteiger partial charge in [-0.05, 0) is 133 Å². The monoisotopic (exact) mass is 1020 g/mol. The standard InChI is InChI=1S/C26H27N.C25H24O.C25H24/c1-3-25(22-12-6-4-7-13-22)26(23-14-8-5-9-15-23)24-18-16-21(17-19-24)11-10-20-27-2;1-2-24(21-11-5-3-6-12-21)25(22-13-7-4-8-14-22)23-17-15-20(16-18-23)10-9-19-26;1-3-11-20-16-18-23(19-17-20)25(22-14-9-6-10-15-22)24(4-2)21-12-7-5-8-13-21/h4-19,27H,3,20H2,1-2H3;3-18,26H,2,19H2,1H3;3,5-19H,4H2,1-2H3/b11-10+,26-25-;10-9+,25-24-;11-3+,25-24-. The van der Waals surface area contributed by atoms with Gasteiger partial charge in [0.15, 0.2) is 0 Å². The zero-order valence-electron chi connectivity index (χ0n) is 46.2. The third-order valence-electron chi connectivity index (χ3n) is 13.5. The van der Waals surface area contributed by atoms with Gasteiger partial charge in [-0.25, -0.2) is 0 Å². The Hall–Kier alpha value is -8.66. The summed E-state index contributed by atoms with van der Waals surface area (Å²) in [5, 5.41) is 12.1. The zero-order valence-corrected chi connectivity index (χ0v) is 46.2. The molecule has 9 aromatic rings. The maximum absolute atomic E-state index is 8.96. The molecule has 390 valence electrons. The van der Waals surface area contributed by atoms with Gasteiger partial charge in [0.25, 0.3) is 0 Å². The van der Waals surface area contributed by atoms with E-state index in [1.807, 2.05) is 20.0 Å². The lowest BCUT2D eigenvalue weighted by atomic mass is 9.88. The smallest absolute Gasteiger partial charge is 0.0615 e. The number of aliphatic hydroxyl groups is 1. The average Bonchev–Trinajstić information content (AvgIpc) is 3.51. The number of allylic oxidation sites excluding steroid dienone is 4. The van der Waals surface area contributed by atoms with E-state index >= 15 is 0 Å². The summed E-state index contributed by atoms with van der Waals surface area (Å²) in [4.78, 5) is 0. The Morgan fingerprint density at radius 3 is 0.808 bits per heavy atom. The van der Waals surface area contributed by atoms with Crippen LogP contribution in [0.1, 0.15) is 114 Å². The normalized spacial score (nSPS) is 12.2. The lowest BCUT2D eigenvalue weighted by Gasteiger charge is -2.16. The Kier molecular flexibility index (Phi) is 23.0. The van der Waals surface area contributed by atoms with Crippen molar-refractivity contribution in [2.75, 3.05) is 20.2 Å². The van der Waals surface area contributed by atoms with Crippen LogP contribution in [-0.4, -0.2) is 25.3 Å². The summed E-state index contributed by atoms with van der Waals surface area (Å²) >= 11 is 0. The number of hydrogen-bond donors (Lipinski definition) is 2. The van der Waals surface area contributed by atoms with Gasteiger partial charge in [-0.2, -0.15) is 0 Å². The molecule has 0 saturated heterocycles. The molecule has 0 unspecified atom stereocenters. The highest BCUT2D eigenvalue weighted by Crippen LogP contribution is 2.37. The molecule has 0 bridgehead atoms. The van der Waals surface area contributed by atoms with Crippen molar-refractivity contribution in [1.82, 2.24) is 5.32 Å². The number of likely N-dealkylation sites (N-methyl/N-ethyl adjacent to an activating group) is 1. The van der Waals surface area contributed by atoms with E-state index in [-0.39, 0.29) is 6.61 Å². The predicted octanol–water partition coefficient (Wildman–Crippen LogP) is 19.4. The highest BCUT2D eigenvalue weighted by atomic mass is 16.2. The van der Waals surface area contributed by atoms with E-state index in [2.05, 4.69) is 305 Å². The van der Waals surface area contributed by atoms with Crippen LogP contribution >= 0.6 is 0 Å². The molecule has 2 heteroatoms. The van der Waals surface area contributed by atoms with E-state index < -0.39 is 0 Å². The first-order chi connectivity index (χ1) is 38.5. The van der Waals surface area contributed by atoms with Gasteiger partial charge in [0.05, 0.1) is 6.61 Å². The molecular weight excluding hydrogens is 943 g/mol. The van der Waals surface area contributed by atoms with Gasteiger partial charge in [0, 0.05) is 6.54 Å². The molecule has 0 spiro atoms. The second-order valence-electron chi connectivity index (χ2n) is 18.7. The molecule has 0 heterocycles. The molecule has 2 nitrogen and oxygen atoms in total. The van der Waals surface area contributed by atoms with Crippen molar-refractivity contribution in [3.63, 3.8) is 0 Å². The highest BCUT2D eigenvalue weighted by molar-refractivity contribution is 6.00. The van der Waals surface area contributed by atoms with Crippen LogP contribution in [0.3, 0.4) is 0 Å². The van der Waals surface area contributed by atoms with Gasteiger partial charge in [-0.15, -0.1) is 0 Å². The van der Waals surface area contributed by atoms with Crippen LogP contribution in [-0.2, 0) is 0 Å². The van der Waals surface area contributed by atoms with Crippen molar-refractivity contribution >= 4 is 51.7 Å². The van der Waals surface area contributed by atoms with Crippen molar-refractivity contribution in [2.24, 2.45) is 0 Å². The highest BCUT2D eigenvalue weighted by Gasteiger charge is 2.15. The Morgan fingerprint density at radius 1 is 0.321 bits per heavy atom. The van der Waals surface area contributed by atoms with Gasteiger partial charge < -0.3 is 10.4 Å². The molecule has 0 radical (unpaired) electrons. The number of hydrogen-bond acceptors (Lipinski definition) is 2. The SMILES string of the molecule is C/C=C/c1ccc(/C(=C(/CC)c2ccccc2)c2ccccc2)cc1.CC/C(=C(\c1ccccc1)c1ccc(/C=C/CNC)cc1)c1ccccc1.CC/C(=C(\c1ccccc1)c1ccc(/C=C/CO)cc1)c1ccccc1. The number of nitrogens with one attached hydrogen (secondary N) is 1. The lowest BCUT2D eigenvalue weighted by molar-refractivity contribution is 0.343. The van der Waals surface area contributed by atoms with E-state index in [0.29, 0.717) is 0 Å². The maximum atomic E-state index is 8.96. The first-order valence-corrected chi connectivity index (χ1v) is 27.5. The fourth-order valence-electron chi connectivity index (χ4n) is 9.83. The largest absolute Gasteiger partial charge is 0.392 e. The number of aliphatic hydroxyl groups excluding tert-OH is 1. The molecule has 78 heavy (non-hydrogen) atoms. The molecule has 9 aromatic carbocycles. The maximum Gasteiger partial charge on any atom is 0.0615 e. The Balaban J connectivity index is 0.000000170. The van der Waals surface area contributed by atoms with Crippen molar-refractivity contribution < 1.29 is 5.11 Å². The number of rotatable bonds is 18. The second kappa shape index (κ2) is 31.4. The van der Waals surface area contributed by atoms with Crippen molar-refractivity contribution in [3.8, 4) is 0 Å². The molecule has 2 N–H and O–H groups in total. The summed E-state index contributed by atoms with van der Waals surface area (Å²) in [5.74, 6) is 0. The molecule has 0 aromatic heterocycles. The Bertz CT molecular complexity index is 3350. The van der Waals surface area contributed by atoms with Crippen LogP contribution in [0.25, 0.3) is 51.7 Å². The van der Waals surface area contributed by atoms with Crippen LogP contribution < -0.4 is 5.32 Å². The van der Waals surface area contributed by atoms with Gasteiger partial charge in [0.1, 0.15) is 0 Å². The first kappa shape index (κ1) is 57.1. The van der Waals surface area contributed by atoms with Crippen molar-refractivity contribution in [1.29, 1.82) is 0 Å². The molecule has 0 saturated carbocycles. The van der Waals surface area contributed by atoms with E-state index in [0.717, 1.165) is 31.4 Å². The van der Waals surface area contributed by atoms with Crippen LogP contribution in [0, 0.1) is 0 Å². The van der Waals surface area contributed by atoms with Crippen LogP contribution in [0.5, 0.6) is 0 Å². The summed E-state index contributed by atoms with van der Waals surface area (Å²) in [6.07, 6.45) is 15.1. The van der Waals surface area contributed by atoms with E-state index in [4.69, 9.17) is 5.11 Å². The summed E-state index contributed by atoms with van der Waals surface area (Å²) in [5.41, 5.74) is 22.9. The fraction of sp³-hybridized carbons (Fsp3) is 0.132. The molecule has 9 rings (SSSR count). The first-order valence-electron chi connectivity index (χ1n) is 27.5. The predicted molar refractivity (Wildman–Crippen MR) is 340 cm³/mol. The minimum atomic E-state index is 0.0604. The summed E-state index contributed by atoms with van der Waals surface area (Å²) in [7, 11) is 1.96. The van der Waals surface area contributed by atoms with Crippen LogP contribution in [0.15, 0.2) is 273 Å². The summed E-state index contributed by atoms with van der Waals surface area (Å²) in [6, 6.07) is 90.3. The molecule has 0 amide bonds. The minimum Gasteiger partial charge on any atom is -0.392 e. The van der Waals surface area contributed by atoms with Gasteiger partial charge in [-0.1, -0.05) is 312 Å². The van der Waals surface area contributed by atoms with Crippen LogP contribution in [0.2, 0.25) is 0 Å². The molecule has 0 aliphatic rings. The lowest BCUT2D eigenvalue weighted by Crippen LogP contribution is -2.03. The molecular formula is C76H75NO. The molecule has 0 atom stereocenters. The average molecular weight is 1020 g/mol. The van der Waals surface area contributed by atoms with E-state index in [1.54, 1.807) is 6.08 Å². The van der Waals surface area contributed by atoms with Crippen LogP contribution in [0.4, 0.5) is 0 Å². The quantitative estimate of drug-likeness (QED) is 0.0840. The van der Waals surface area contributed by atoms with Gasteiger partial charge in [-0.3, -0.25) is 0 Å². The zero-order chi connectivity index (χ0) is 54.6. The molecule has 0 aliphatic carbocycles. The third kappa shape index (κ3) is 16.2. The topological polar surface area (TPSA) is 32.3 Å². The minimum absolute atomic E-state index is 0.0604. The van der Waals surface area contributed by atoms with Gasteiger partial charge in [0.2, 0.25) is 0 Å². The molecule has 0 fully saturated rings. The molecule has 0 aliphatic heterocycles. The van der Waals surface area contributed by atoms with E-state index in [9.17, 15) is 0 Å². The summed E-state index contributed by atoms with van der Waals surface area (Å²) < 4.78 is 0. The van der Waals surface area contributed by atoms with Crippen molar-refractivity contribution in [3.05, 3.63) is 340 Å². The summed E-state index contributed by atoms with van der Waals surface area (Å²) in [6.45, 7) is 9.67. The van der Waals surface area contributed by atoms with Gasteiger partial charge >= 0.3 is 0 Å². The Morgan fingerprint density at radius 2 is 0.564 bits per heavy atom. The second-order valence-corrected chi connectivity index (χ2v) is 18.7. The fourth-order valence-corrected chi connectivity index (χ4v) is 9.83.